The van der Waals surface area contributed by atoms with Crippen molar-refractivity contribution in [3.8, 4) is 0 Å². The lowest BCUT2D eigenvalue weighted by molar-refractivity contribution is -0.124. The van der Waals surface area contributed by atoms with E-state index in [2.05, 4.69) is 55.6 Å². The molecule has 9 nitrogen and oxygen atoms in total. The van der Waals surface area contributed by atoms with Crippen molar-refractivity contribution in [1.82, 2.24) is 5.32 Å². The topological polar surface area (TPSA) is 151 Å². The van der Waals surface area contributed by atoms with E-state index in [9.17, 15) is 24.5 Å². The number of phosphoric acid groups is 1. The first-order valence-electron chi connectivity index (χ1n) is 23.3. The maximum absolute atomic E-state index is 12.8. The van der Waals surface area contributed by atoms with Gasteiger partial charge in [-0.15, -0.1) is 0 Å². The molecule has 0 aliphatic rings. The Labute approximate surface area is 350 Å². The summed E-state index contributed by atoms with van der Waals surface area (Å²) in [5.74, 6) is -0.465. The summed E-state index contributed by atoms with van der Waals surface area (Å²) in [4.78, 5) is 22.8. The lowest BCUT2D eigenvalue weighted by atomic mass is 10.0. The van der Waals surface area contributed by atoms with Crippen LogP contribution in [0.15, 0.2) is 48.6 Å². The monoisotopic (exact) mass is 825 g/mol. The van der Waals surface area contributed by atoms with Crippen LogP contribution in [0.5, 0.6) is 0 Å². The minimum Gasteiger partial charge on any atom is -0.393 e. The van der Waals surface area contributed by atoms with Crippen molar-refractivity contribution in [3.05, 3.63) is 48.6 Å². The quantitative estimate of drug-likeness (QED) is 0.0232. The molecule has 0 rings (SSSR count). The van der Waals surface area contributed by atoms with Gasteiger partial charge in [0.2, 0.25) is 5.91 Å². The predicted octanol–water partition coefficient (Wildman–Crippen LogP) is 12.3. The number of unbranched alkanes of at least 4 members (excludes halogenated alkanes) is 23. The van der Waals surface area contributed by atoms with E-state index in [1.807, 2.05) is 6.08 Å². The Morgan fingerprint density at radius 3 is 1.46 bits per heavy atom. The number of aliphatic hydroxyl groups is 2. The van der Waals surface area contributed by atoms with Gasteiger partial charge in [-0.3, -0.25) is 13.8 Å². The SMILES string of the molecule is CCCCCCCC/C=C\CCCCCCCC(O)CC(=O)NC(COP(=O)(O)OCCN)C(O)/C=C/CC/C=C/CC/C=C/CCCCCCCCCCCC. The van der Waals surface area contributed by atoms with E-state index in [1.54, 1.807) is 6.08 Å². The first-order chi connectivity index (χ1) is 27.8. The van der Waals surface area contributed by atoms with Gasteiger partial charge in [0.25, 0.3) is 0 Å². The number of carbonyl (C=O) groups excluding carboxylic acids is 1. The van der Waals surface area contributed by atoms with E-state index < -0.39 is 38.6 Å². The number of hydrogen-bond donors (Lipinski definition) is 5. The van der Waals surface area contributed by atoms with E-state index in [4.69, 9.17) is 14.8 Å². The third kappa shape index (κ3) is 41.0. The molecule has 0 aliphatic carbocycles. The fraction of sp³-hybridized carbons (Fsp3) is 0.809. The van der Waals surface area contributed by atoms with Gasteiger partial charge in [-0.05, 0) is 70.6 Å². The van der Waals surface area contributed by atoms with Crippen molar-refractivity contribution >= 4 is 13.7 Å². The zero-order valence-electron chi connectivity index (χ0n) is 36.7. The van der Waals surface area contributed by atoms with Gasteiger partial charge < -0.3 is 26.2 Å². The van der Waals surface area contributed by atoms with Gasteiger partial charge in [-0.25, -0.2) is 4.57 Å². The Hall–Kier alpha value is -1.58. The standard InChI is InChI=1S/C47H89N2O7P/c1-3-5-7-9-11-13-15-17-19-20-21-22-23-25-27-29-31-33-35-37-39-46(51)45(43-56-57(53,54)55-41-40-48)49-47(52)42-44(50)38-36-34-32-30-28-26-24-18-16-14-12-10-8-6-4-2/h18,22-24,29,31,37,39,44-46,50-51H,3-17,19-21,25-28,30,32-36,38,40-43,48H2,1-2H3,(H,49,52)(H,53,54)/b23-22+,24-18-,31-29+,39-37+. The first kappa shape index (κ1) is 55.4. The minimum absolute atomic E-state index is 0.0403. The molecule has 0 aromatic carbocycles. The van der Waals surface area contributed by atoms with Crippen molar-refractivity contribution in [2.75, 3.05) is 19.8 Å². The van der Waals surface area contributed by atoms with Gasteiger partial charge >= 0.3 is 7.82 Å². The van der Waals surface area contributed by atoms with E-state index in [-0.39, 0.29) is 19.6 Å². The maximum atomic E-state index is 12.8. The molecule has 0 spiro atoms. The van der Waals surface area contributed by atoms with Crippen LogP contribution in [0, 0.1) is 0 Å². The highest BCUT2D eigenvalue weighted by Gasteiger charge is 2.27. The number of carbonyl (C=O) groups is 1. The van der Waals surface area contributed by atoms with Gasteiger partial charge in [-0.2, -0.15) is 0 Å². The van der Waals surface area contributed by atoms with Crippen LogP contribution in [0.1, 0.15) is 206 Å². The van der Waals surface area contributed by atoms with E-state index in [0.717, 1.165) is 57.8 Å². The third-order valence-electron chi connectivity index (χ3n) is 10.2. The Balaban J connectivity index is 4.38. The number of aliphatic hydroxyl groups excluding tert-OH is 2. The molecule has 0 aliphatic heterocycles. The number of nitrogens with one attached hydrogen (secondary N) is 1. The second kappa shape index (κ2) is 42.5. The largest absolute Gasteiger partial charge is 0.472 e. The molecular formula is C47H89N2O7P. The summed E-state index contributed by atoms with van der Waals surface area (Å²) in [6.07, 6.45) is 49.1. The van der Waals surface area contributed by atoms with Crippen LogP contribution >= 0.6 is 7.82 Å². The highest BCUT2D eigenvalue weighted by molar-refractivity contribution is 7.47. The van der Waals surface area contributed by atoms with E-state index in [0.29, 0.717) is 12.8 Å². The summed E-state index contributed by atoms with van der Waals surface area (Å²) < 4.78 is 22.1. The molecule has 334 valence electrons. The van der Waals surface area contributed by atoms with Crippen LogP contribution in [0.3, 0.4) is 0 Å². The van der Waals surface area contributed by atoms with Crippen LogP contribution in [0.4, 0.5) is 0 Å². The molecule has 0 aromatic rings. The maximum Gasteiger partial charge on any atom is 0.472 e. The Kier molecular flexibility index (Phi) is 41.4. The number of rotatable bonds is 43. The fourth-order valence-electron chi connectivity index (χ4n) is 6.61. The van der Waals surface area contributed by atoms with E-state index >= 15 is 0 Å². The number of nitrogens with two attached hydrogens (primary N) is 1. The molecule has 0 saturated carbocycles. The van der Waals surface area contributed by atoms with Gasteiger partial charge in [0.05, 0.1) is 37.9 Å². The predicted molar refractivity (Wildman–Crippen MR) is 241 cm³/mol. The lowest BCUT2D eigenvalue weighted by Crippen LogP contribution is -2.46. The van der Waals surface area contributed by atoms with Crippen molar-refractivity contribution in [1.29, 1.82) is 0 Å². The Morgan fingerprint density at radius 2 is 1.00 bits per heavy atom. The summed E-state index contributed by atoms with van der Waals surface area (Å²) in [6, 6.07) is -1.01. The van der Waals surface area contributed by atoms with Gasteiger partial charge in [0.1, 0.15) is 0 Å². The zero-order chi connectivity index (χ0) is 41.9. The lowest BCUT2D eigenvalue weighted by Gasteiger charge is -2.24. The molecule has 57 heavy (non-hydrogen) atoms. The second-order valence-electron chi connectivity index (χ2n) is 15.8. The average molecular weight is 825 g/mol. The van der Waals surface area contributed by atoms with Crippen LogP contribution < -0.4 is 11.1 Å². The number of allylic oxidation sites excluding steroid dienone is 7. The fourth-order valence-corrected chi connectivity index (χ4v) is 7.37. The normalized spacial score (nSPS) is 15.0. The molecule has 1 amide bonds. The molecule has 0 heterocycles. The van der Waals surface area contributed by atoms with Crippen LogP contribution in [-0.4, -0.2) is 59.0 Å². The highest BCUT2D eigenvalue weighted by atomic mass is 31.2. The number of hydrogen-bond acceptors (Lipinski definition) is 7. The third-order valence-corrected chi connectivity index (χ3v) is 11.1. The second-order valence-corrected chi connectivity index (χ2v) is 17.2. The van der Waals surface area contributed by atoms with Crippen molar-refractivity contribution in [2.45, 2.75) is 225 Å². The summed E-state index contributed by atoms with van der Waals surface area (Å²) in [5.41, 5.74) is 5.37. The minimum atomic E-state index is -4.42. The summed E-state index contributed by atoms with van der Waals surface area (Å²) in [6.45, 7) is 3.94. The van der Waals surface area contributed by atoms with Gasteiger partial charge in [0, 0.05) is 6.54 Å². The van der Waals surface area contributed by atoms with Crippen LogP contribution in [-0.2, 0) is 18.4 Å². The average Bonchev–Trinajstić information content (AvgIpc) is 3.19. The van der Waals surface area contributed by atoms with E-state index in [1.165, 1.54) is 116 Å². The zero-order valence-corrected chi connectivity index (χ0v) is 37.6. The molecule has 4 atom stereocenters. The smallest absolute Gasteiger partial charge is 0.393 e. The van der Waals surface area contributed by atoms with Gasteiger partial charge in [0.15, 0.2) is 0 Å². The number of amides is 1. The highest BCUT2D eigenvalue weighted by Crippen LogP contribution is 2.43. The summed E-state index contributed by atoms with van der Waals surface area (Å²) in [7, 11) is -4.42. The Morgan fingerprint density at radius 1 is 0.596 bits per heavy atom. The number of phosphoric ester groups is 1. The molecule has 0 radical (unpaired) electrons. The summed E-state index contributed by atoms with van der Waals surface area (Å²) in [5, 5.41) is 24.1. The molecule has 0 saturated heterocycles. The van der Waals surface area contributed by atoms with Crippen molar-refractivity contribution in [2.24, 2.45) is 5.73 Å². The molecule has 4 unspecified atom stereocenters. The van der Waals surface area contributed by atoms with Crippen LogP contribution in [0.25, 0.3) is 0 Å². The molecule has 6 N–H and O–H groups in total. The Bertz CT molecular complexity index is 1050. The van der Waals surface area contributed by atoms with Crippen LogP contribution in [0.2, 0.25) is 0 Å². The van der Waals surface area contributed by atoms with Crippen molar-refractivity contribution < 1.29 is 33.5 Å². The molecule has 0 fully saturated rings. The van der Waals surface area contributed by atoms with Gasteiger partial charge in [-0.1, -0.05) is 178 Å². The molecule has 10 heteroatoms. The molecule has 0 bridgehead atoms. The van der Waals surface area contributed by atoms with Crippen molar-refractivity contribution in [3.63, 3.8) is 0 Å². The summed E-state index contributed by atoms with van der Waals surface area (Å²) >= 11 is 0. The molecule has 0 aromatic heterocycles. The molecular weight excluding hydrogens is 735 g/mol. The first-order valence-corrected chi connectivity index (χ1v) is 24.8.